The van der Waals surface area contributed by atoms with Gasteiger partial charge in [0.2, 0.25) is 5.91 Å². The number of methoxy groups -OCH3 is 1. The van der Waals surface area contributed by atoms with Crippen LogP contribution in [0, 0.1) is 0 Å². The lowest BCUT2D eigenvalue weighted by Gasteiger charge is -2.10. The Bertz CT molecular complexity index is 427. The molecule has 0 aliphatic carbocycles. The van der Waals surface area contributed by atoms with E-state index >= 15 is 0 Å². The minimum atomic E-state index is -0.621. The molecular weight excluding hydrogens is 224 g/mol. The third kappa shape index (κ3) is 2.74. The minimum Gasteiger partial charge on any atom is -0.464 e. The summed E-state index contributed by atoms with van der Waals surface area (Å²) < 4.78 is 5.86. The molecule has 17 heavy (non-hydrogen) atoms. The second-order valence-corrected chi connectivity index (χ2v) is 3.48. The van der Waals surface area contributed by atoms with Crippen molar-refractivity contribution < 1.29 is 14.3 Å². The third-order valence-corrected chi connectivity index (χ3v) is 2.27. The zero-order valence-electron chi connectivity index (χ0n) is 10.1. The zero-order chi connectivity index (χ0) is 13.0. The van der Waals surface area contributed by atoms with Crippen LogP contribution in [0.2, 0.25) is 0 Å². The molecule has 0 bridgehead atoms. The van der Waals surface area contributed by atoms with Crippen molar-refractivity contribution >= 4 is 17.6 Å². The number of aromatic nitrogens is 2. The molecule has 1 amide bonds. The van der Waals surface area contributed by atoms with Crippen molar-refractivity contribution in [2.45, 2.75) is 19.9 Å². The van der Waals surface area contributed by atoms with Gasteiger partial charge in [-0.25, -0.2) is 4.79 Å². The Hall–Kier alpha value is -2.05. The number of carbonyl (C=O) groups is 2. The van der Waals surface area contributed by atoms with Crippen molar-refractivity contribution in [3.05, 3.63) is 11.9 Å². The summed E-state index contributed by atoms with van der Waals surface area (Å²) in [4.78, 5) is 22.9. The van der Waals surface area contributed by atoms with Gasteiger partial charge in [0.1, 0.15) is 6.04 Å². The van der Waals surface area contributed by atoms with Crippen LogP contribution in [-0.2, 0) is 9.53 Å². The molecule has 1 unspecified atom stereocenters. The number of nitrogens with zero attached hydrogens (tertiary/aromatic N) is 2. The zero-order valence-corrected chi connectivity index (χ0v) is 10.1. The topological polar surface area (TPSA) is 99.2 Å². The Morgan fingerprint density at radius 1 is 1.65 bits per heavy atom. The van der Waals surface area contributed by atoms with E-state index in [0.717, 1.165) is 0 Å². The molecule has 94 valence electrons. The van der Waals surface area contributed by atoms with Gasteiger partial charge in [0.15, 0.2) is 5.69 Å². The summed E-state index contributed by atoms with van der Waals surface area (Å²) in [5, 5.41) is 6.60. The number of ether oxygens (including phenoxy) is 1. The number of carbonyl (C=O) groups excluding carboxylic acids is 2. The highest BCUT2D eigenvalue weighted by atomic mass is 16.5. The number of esters is 1. The summed E-state index contributed by atoms with van der Waals surface area (Å²) in [6, 6.07) is -0.532. The molecule has 1 aromatic heterocycles. The molecule has 7 nitrogen and oxygen atoms in total. The average Bonchev–Trinajstić information content (AvgIpc) is 2.69. The smallest absolute Gasteiger partial charge is 0.360 e. The van der Waals surface area contributed by atoms with Crippen molar-refractivity contribution in [3.63, 3.8) is 0 Å². The van der Waals surface area contributed by atoms with Gasteiger partial charge in [0.05, 0.1) is 12.8 Å². The molecule has 3 N–H and O–H groups in total. The maximum atomic E-state index is 11.6. The van der Waals surface area contributed by atoms with Gasteiger partial charge in [-0.15, -0.1) is 0 Å². The standard InChI is InChI=1S/C10H16N4O3/c1-4-12-9(15)6(2)14-5-7(11)8(13-14)10(16)17-3/h5-6H,4,11H2,1-3H3,(H,12,15). The highest BCUT2D eigenvalue weighted by molar-refractivity contribution is 5.92. The fourth-order valence-corrected chi connectivity index (χ4v) is 1.30. The number of rotatable bonds is 4. The molecule has 0 aliphatic heterocycles. The fourth-order valence-electron chi connectivity index (χ4n) is 1.30. The normalized spacial score (nSPS) is 11.9. The molecule has 1 atom stereocenters. The van der Waals surface area contributed by atoms with E-state index in [0.29, 0.717) is 6.54 Å². The Labute approximate surface area is 98.9 Å². The molecule has 1 aromatic rings. The number of amides is 1. The summed E-state index contributed by atoms with van der Waals surface area (Å²) in [5.74, 6) is -0.809. The van der Waals surface area contributed by atoms with Gasteiger partial charge in [0, 0.05) is 12.7 Å². The highest BCUT2D eigenvalue weighted by Crippen LogP contribution is 2.14. The summed E-state index contributed by atoms with van der Waals surface area (Å²) in [6.07, 6.45) is 1.44. The molecule has 1 heterocycles. The van der Waals surface area contributed by atoms with E-state index in [1.807, 2.05) is 6.92 Å². The SMILES string of the molecule is CCNC(=O)C(C)n1cc(N)c(C(=O)OC)n1. The van der Waals surface area contributed by atoms with Crippen molar-refractivity contribution in [3.8, 4) is 0 Å². The van der Waals surface area contributed by atoms with Crippen LogP contribution in [0.25, 0.3) is 0 Å². The maximum Gasteiger partial charge on any atom is 0.360 e. The predicted octanol–water partition coefficient (Wildman–Crippen LogP) is -0.0510. The number of nitrogens with one attached hydrogen (secondary N) is 1. The van der Waals surface area contributed by atoms with Gasteiger partial charge >= 0.3 is 5.97 Å². The summed E-state index contributed by atoms with van der Waals surface area (Å²) in [6.45, 7) is 4.02. The van der Waals surface area contributed by atoms with Crippen LogP contribution in [0.4, 0.5) is 5.69 Å². The van der Waals surface area contributed by atoms with E-state index in [2.05, 4.69) is 15.2 Å². The largest absolute Gasteiger partial charge is 0.464 e. The number of nitrogens with two attached hydrogens (primary N) is 1. The van der Waals surface area contributed by atoms with Crippen molar-refractivity contribution in [1.82, 2.24) is 15.1 Å². The van der Waals surface area contributed by atoms with E-state index in [1.54, 1.807) is 6.92 Å². The van der Waals surface area contributed by atoms with Crippen LogP contribution in [0.15, 0.2) is 6.20 Å². The molecule has 0 saturated carbocycles. The van der Waals surface area contributed by atoms with E-state index in [4.69, 9.17) is 5.73 Å². The lowest BCUT2D eigenvalue weighted by atomic mass is 10.3. The van der Waals surface area contributed by atoms with E-state index in [1.165, 1.54) is 18.0 Å². The molecule has 0 spiro atoms. The van der Waals surface area contributed by atoms with E-state index in [-0.39, 0.29) is 17.3 Å². The number of anilines is 1. The number of nitrogen functional groups attached to an aromatic ring is 1. The monoisotopic (exact) mass is 240 g/mol. The van der Waals surface area contributed by atoms with Crippen molar-refractivity contribution in [2.75, 3.05) is 19.4 Å². The number of hydrogen-bond acceptors (Lipinski definition) is 5. The Kier molecular flexibility index (Phi) is 4.08. The summed E-state index contributed by atoms with van der Waals surface area (Å²) >= 11 is 0. The second-order valence-electron chi connectivity index (χ2n) is 3.48. The first kappa shape index (κ1) is 13.0. The molecule has 1 rings (SSSR count). The third-order valence-electron chi connectivity index (χ3n) is 2.27. The van der Waals surface area contributed by atoms with Crippen LogP contribution in [0.3, 0.4) is 0 Å². The minimum absolute atomic E-state index is 0.0173. The molecule has 7 heteroatoms. The van der Waals surface area contributed by atoms with Gasteiger partial charge in [-0.1, -0.05) is 0 Å². The van der Waals surface area contributed by atoms with E-state index in [9.17, 15) is 9.59 Å². The van der Waals surface area contributed by atoms with Gasteiger partial charge in [0.25, 0.3) is 0 Å². The maximum absolute atomic E-state index is 11.6. The lowest BCUT2D eigenvalue weighted by molar-refractivity contribution is -0.124. The Balaban J connectivity index is 2.93. The van der Waals surface area contributed by atoms with Crippen LogP contribution < -0.4 is 11.1 Å². The molecule has 0 aromatic carbocycles. The predicted molar refractivity (Wildman–Crippen MR) is 61.4 cm³/mol. The first-order valence-corrected chi connectivity index (χ1v) is 5.21. The van der Waals surface area contributed by atoms with Crippen molar-refractivity contribution in [2.24, 2.45) is 0 Å². The molecule has 0 fully saturated rings. The van der Waals surface area contributed by atoms with Gasteiger partial charge in [-0.3, -0.25) is 9.48 Å². The summed E-state index contributed by atoms with van der Waals surface area (Å²) in [5.41, 5.74) is 5.82. The lowest BCUT2D eigenvalue weighted by Crippen LogP contribution is -2.31. The number of likely N-dealkylation sites (N-methyl/N-ethyl adjacent to an activating group) is 1. The Morgan fingerprint density at radius 3 is 2.82 bits per heavy atom. The number of hydrogen-bond donors (Lipinski definition) is 2. The molecule has 0 aliphatic rings. The van der Waals surface area contributed by atoms with Gasteiger partial charge in [-0.05, 0) is 13.8 Å². The first-order valence-electron chi connectivity index (χ1n) is 5.21. The van der Waals surface area contributed by atoms with Crippen LogP contribution in [-0.4, -0.2) is 35.3 Å². The van der Waals surface area contributed by atoms with Crippen LogP contribution in [0.1, 0.15) is 30.4 Å². The fraction of sp³-hybridized carbons (Fsp3) is 0.500. The van der Waals surface area contributed by atoms with Crippen molar-refractivity contribution in [1.29, 1.82) is 0 Å². The van der Waals surface area contributed by atoms with Gasteiger partial charge < -0.3 is 15.8 Å². The Morgan fingerprint density at radius 2 is 2.29 bits per heavy atom. The van der Waals surface area contributed by atoms with Gasteiger partial charge in [-0.2, -0.15) is 5.10 Å². The van der Waals surface area contributed by atoms with E-state index < -0.39 is 12.0 Å². The van der Waals surface area contributed by atoms with Crippen LogP contribution in [0.5, 0.6) is 0 Å². The molecular formula is C10H16N4O3. The molecule has 0 radical (unpaired) electrons. The summed E-state index contributed by atoms with van der Waals surface area (Å²) in [7, 11) is 1.24. The second kappa shape index (κ2) is 5.33. The quantitative estimate of drug-likeness (QED) is 0.719. The average molecular weight is 240 g/mol. The van der Waals surface area contributed by atoms with Crippen LogP contribution >= 0.6 is 0 Å². The first-order chi connectivity index (χ1) is 8.01. The molecule has 0 saturated heterocycles. The highest BCUT2D eigenvalue weighted by Gasteiger charge is 2.20.